The van der Waals surface area contributed by atoms with Crippen molar-refractivity contribution in [3.63, 3.8) is 0 Å². The van der Waals surface area contributed by atoms with Gasteiger partial charge in [0.25, 0.3) is 0 Å². The van der Waals surface area contributed by atoms with Crippen molar-refractivity contribution in [3.8, 4) is 0 Å². The first-order valence-corrected chi connectivity index (χ1v) is 5.72. The molecule has 1 rings (SSSR count). The topological polar surface area (TPSA) is 23.5 Å². The van der Waals surface area contributed by atoms with Gasteiger partial charge in [0, 0.05) is 19.0 Å². The van der Waals surface area contributed by atoms with Crippen LogP contribution in [0.15, 0.2) is 0 Å². The van der Waals surface area contributed by atoms with E-state index in [1.54, 1.807) is 0 Å². The summed E-state index contributed by atoms with van der Waals surface area (Å²) in [6.45, 7) is 5.30. The van der Waals surface area contributed by atoms with Crippen LogP contribution >= 0.6 is 11.6 Å². The Morgan fingerprint density at radius 1 is 1.54 bits per heavy atom. The van der Waals surface area contributed by atoms with E-state index in [0.29, 0.717) is 0 Å². The molecule has 0 aromatic rings. The zero-order chi connectivity index (χ0) is 9.68. The predicted octanol–water partition coefficient (Wildman–Crippen LogP) is 1.71. The van der Waals surface area contributed by atoms with Gasteiger partial charge in [0.1, 0.15) is 0 Å². The number of likely N-dealkylation sites (tertiary alicyclic amines) is 1. The second-order valence-electron chi connectivity index (χ2n) is 4.11. The van der Waals surface area contributed by atoms with Crippen molar-refractivity contribution >= 4 is 11.6 Å². The molecule has 0 amide bonds. The molecule has 1 aliphatic rings. The fourth-order valence-corrected chi connectivity index (χ4v) is 2.12. The Labute approximate surface area is 85.9 Å². The molecule has 0 aromatic heterocycles. The third-order valence-corrected chi connectivity index (χ3v) is 3.01. The predicted molar refractivity (Wildman–Crippen MR) is 56.2 cm³/mol. The van der Waals surface area contributed by atoms with E-state index in [1.165, 1.54) is 6.42 Å². The van der Waals surface area contributed by atoms with Crippen molar-refractivity contribution in [3.05, 3.63) is 0 Å². The second kappa shape index (κ2) is 5.84. The quantitative estimate of drug-likeness (QED) is 0.691. The number of halogens is 1. The van der Waals surface area contributed by atoms with E-state index in [2.05, 4.69) is 11.8 Å². The minimum Gasteiger partial charge on any atom is -0.392 e. The number of nitrogens with zero attached hydrogens (tertiary/aromatic N) is 1. The number of hydrogen-bond donors (Lipinski definition) is 1. The van der Waals surface area contributed by atoms with E-state index in [1.807, 2.05) is 0 Å². The summed E-state index contributed by atoms with van der Waals surface area (Å²) >= 11 is 5.66. The molecule has 3 heteroatoms. The summed E-state index contributed by atoms with van der Waals surface area (Å²) in [6, 6.07) is 0. The second-order valence-corrected chi connectivity index (χ2v) is 4.49. The van der Waals surface area contributed by atoms with Crippen molar-refractivity contribution in [2.75, 3.05) is 25.5 Å². The molecule has 2 unspecified atom stereocenters. The molecule has 0 bridgehead atoms. The Balaban J connectivity index is 2.05. The van der Waals surface area contributed by atoms with Gasteiger partial charge in [0.15, 0.2) is 0 Å². The Kier molecular flexibility index (Phi) is 5.07. The first-order chi connectivity index (χ1) is 6.22. The van der Waals surface area contributed by atoms with Crippen LogP contribution in [0.4, 0.5) is 0 Å². The maximum atomic E-state index is 9.31. The van der Waals surface area contributed by atoms with Crippen LogP contribution in [0.2, 0.25) is 0 Å². The van der Waals surface area contributed by atoms with E-state index in [0.717, 1.165) is 44.3 Å². The van der Waals surface area contributed by atoms with Crippen molar-refractivity contribution in [2.45, 2.75) is 32.3 Å². The van der Waals surface area contributed by atoms with Crippen molar-refractivity contribution < 1.29 is 5.11 Å². The van der Waals surface area contributed by atoms with E-state index < -0.39 is 0 Å². The summed E-state index contributed by atoms with van der Waals surface area (Å²) in [5.74, 6) is 1.49. The highest BCUT2D eigenvalue weighted by Crippen LogP contribution is 2.13. The van der Waals surface area contributed by atoms with Gasteiger partial charge in [-0.15, -0.1) is 11.6 Å². The van der Waals surface area contributed by atoms with E-state index >= 15 is 0 Å². The lowest BCUT2D eigenvalue weighted by Crippen LogP contribution is -2.24. The highest BCUT2D eigenvalue weighted by molar-refractivity contribution is 6.17. The molecule has 1 heterocycles. The first kappa shape index (κ1) is 11.3. The monoisotopic (exact) mass is 205 g/mol. The Hall–Kier alpha value is 0.210. The molecule has 0 aromatic carbocycles. The lowest BCUT2D eigenvalue weighted by Gasteiger charge is -2.17. The minimum atomic E-state index is -0.0802. The van der Waals surface area contributed by atoms with Crippen molar-refractivity contribution in [1.29, 1.82) is 0 Å². The third kappa shape index (κ3) is 4.30. The molecule has 0 radical (unpaired) electrons. The first-order valence-electron chi connectivity index (χ1n) is 5.18. The number of aliphatic hydroxyl groups is 1. The van der Waals surface area contributed by atoms with Crippen molar-refractivity contribution in [2.24, 2.45) is 5.92 Å². The van der Waals surface area contributed by atoms with Crippen LogP contribution in [-0.2, 0) is 0 Å². The van der Waals surface area contributed by atoms with Gasteiger partial charge in [-0.1, -0.05) is 6.92 Å². The number of alkyl halides is 1. The molecule has 78 valence electrons. The maximum absolute atomic E-state index is 9.31. The molecule has 1 saturated heterocycles. The number of β-amino-alcohol motifs (C(OH)–C–C–N with tert-alkyl or cyclic N) is 1. The average molecular weight is 206 g/mol. The molecule has 0 saturated carbocycles. The van der Waals surface area contributed by atoms with Crippen LogP contribution in [-0.4, -0.2) is 41.6 Å². The highest BCUT2D eigenvalue weighted by atomic mass is 35.5. The van der Waals surface area contributed by atoms with Crippen molar-refractivity contribution in [1.82, 2.24) is 4.90 Å². The van der Waals surface area contributed by atoms with E-state index in [-0.39, 0.29) is 6.10 Å². The summed E-state index contributed by atoms with van der Waals surface area (Å²) in [6.07, 6.45) is 3.18. The van der Waals surface area contributed by atoms with Gasteiger partial charge in [-0.05, 0) is 31.7 Å². The van der Waals surface area contributed by atoms with Crippen LogP contribution in [0.1, 0.15) is 26.2 Å². The third-order valence-electron chi connectivity index (χ3n) is 2.79. The lowest BCUT2D eigenvalue weighted by atomic mass is 10.1. The zero-order valence-corrected chi connectivity index (χ0v) is 9.13. The standard InChI is InChI=1S/C10H20ClNO/c1-9(2-5-11)3-6-12-7-4-10(13)8-12/h9-10,13H,2-8H2,1H3. The lowest BCUT2D eigenvalue weighted by molar-refractivity contribution is 0.174. The fourth-order valence-electron chi connectivity index (χ4n) is 1.75. The Morgan fingerprint density at radius 3 is 2.85 bits per heavy atom. The van der Waals surface area contributed by atoms with Crippen LogP contribution < -0.4 is 0 Å². The van der Waals surface area contributed by atoms with Gasteiger partial charge < -0.3 is 10.0 Å². The Morgan fingerprint density at radius 2 is 2.31 bits per heavy atom. The van der Waals surface area contributed by atoms with Crippen LogP contribution in [0.3, 0.4) is 0 Å². The molecule has 2 nitrogen and oxygen atoms in total. The fraction of sp³-hybridized carbons (Fsp3) is 1.00. The minimum absolute atomic E-state index is 0.0802. The molecular formula is C10H20ClNO. The molecule has 1 N–H and O–H groups in total. The summed E-state index contributed by atoms with van der Waals surface area (Å²) in [5.41, 5.74) is 0. The van der Waals surface area contributed by atoms with Crippen LogP contribution in [0.25, 0.3) is 0 Å². The SMILES string of the molecule is CC(CCCl)CCN1CCC(O)C1. The number of hydrogen-bond acceptors (Lipinski definition) is 2. The molecule has 0 aliphatic carbocycles. The Bertz CT molecular complexity index is 143. The molecule has 1 fully saturated rings. The van der Waals surface area contributed by atoms with Gasteiger partial charge >= 0.3 is 0 Å². The molecule has 2 atom stereocenters. The molecule has 13 heavy (non-hydrogen) atoms. The van der Waals surface area contributed by atoms with Gasteiger partial charge in [-0.25, -0.2) is 0 Å². The van der Waals surface area contributed by atoms with Crippen LogP contribution in [0, 0.1) is 5.92 Å². The number of aliphatic hydroxyl groups excluding tert-OH is 1. The smallest absolute Gasteiger partial charge is 0.0679 e. The average Bonchev–Trinajstić information content (AvgIpc) is 2.49. The summed E-state index contributed by atoms with van der Waals surface area (Å²) in [4.78, 5) is 2.34. The zero-order valence-electron chi connectivity index (χ0n) is 8.38. The molecule has 0 spiro atoms. The normalized spacial score (nSPS) is 26.5. The van der Waals surface area contributed by atoms with Gasteiger partial charge in [-0.2, -0.15) is 0 Å². The van der Waals surface area contributed by atoms with Gasteiger partial charge in [0.05, 0.1) is 6.10 Å². The molecular weight excluding hydrogens is 186 g/mol. The van der Waals surface area contributed by atoms with Gasteiger partial charge in [0.2, 0.25) is 0 Å². The van der Waals surface area contributed by atoms with Gasteiger partial charge in [-0.3, -0.25) is 0 Å². The number of rotatable bonds is 5. The summed E-state index contributed by atoms with van der Waals surface area (Å²) < 4.78 is 0. The highest BCUT2D eigenvalue weighted by Gasteiger charge is 2.19. The summed E-state index contributed by atoms with van der Waals surface area (Å²) in [5, 5.41) is 9.31. The maximum Gasteiger partial charge on any atom is 0.0679 e. The molecule has 1 aliphatic heterocycles. The summed E-state index contributed by atoms with van der Waals surface area (Å²) in [7, 11) is 0. The van der Waals surface area contributed by atoms with E-state index in [4.69, 9.17) is 11.6 Å². The largest absolute Gasteiger partial charge is 0.392 e. The van der Waals surface area contributed by atoms with E-state index in [9.17, 15) is 5.11 Å². The van der Waals surface area contributed by atoms with Crippen LogP contribution in [0.5, 0.6) is 0 Å².